The van der Waals surface area contributed by atoms with Crippen LogP contribution in [0.3, 0.4) is 0 Å². The summed E-state index contributed by atoms with van der Waals surface area (Å²) in [6.07, 6.45) is -3.40. The van der Waals surface area contributed by atoms with Crippen LogP contribution in [-0.2, 0) is 11.0 Å². The molecule has 0 bridgehead atoms. The first-order chi connectivity index (χ1) is 13.7. The summed E-state index contributed by atoms with van der Waals surface area (Å²) in [6, 6.07) is 9.38. The second-order valence-electron chi connectivity index (χ2n) is 5.63. The lowest BCUT2D eigenvalue weighted by Crippen LogP contribution is -2.17. The summed E-state index contributed by atoms with van der Waals surface area (Å²) in [5.74, 6) is -0.144. The second-order valence-corrected chi connectivity index (χ2v) is 6.49. The van der Waals surface area contributed by atoms with E-state index in [0.717, 1.165) is 12.1 Å². The van der Waals surface area contributed by atoms with Crippen LogP contribution in [0.2, 0.25) is 0 Å². The molecule has 0 aliphatic carbocycles. The molecule has 0 saturated carbocycles. The zero-order chi connectivity index (χ0) is 21.6. The summed E-state index contributed by atoms with van der Waals surface area (Å²) in [5, 5.41) is 11.5. The van der Waals surface area contributed by atoms with Gasteiger partial charge < -0.3 is 14.8 Å². The first-order valence-electron chi connectivity index (χ1n) is 8.31. The summed E-state index contributed by atoms with van der Waals surface area (Å²) >= 11 is 3.33. The Labute approximate surface area is 173 Å². The maximum Gasteiger partial charge on any atom is 0.418 e. The quantitative estimate of drug-likeness (QED) is 0.453. The van der Waals surface area contributed by atoms with Gasteiger partial charge in [-0.3, -0.25) is 4.79 Å². The van der Waals surface area contributed by atoms with Crippen molar-refractivity contribution < 1.29 is 27.4 Å². The number of amides is 1. The Morgan fingerprint density at radius 3 is 2.59 bits per heavy atom. The van der Waals surface area contributed by atoms with Crippen LogP contribution < -0.4 is 14.8 Å². The van der Waals surface area contributed by atoms with E-state index in [4.69, 9.17) is 9.47 Å². The molecule has 0 unspecified atom stereocenters. The lowest BCUT2D eigenvalue weighted by molar-refractivity contribution is -0.137. The Hall–Kier alpha value is -2.99. The van der Waals surface area contributed by atoms with Crippen molar-refractivity contribution in [2.75, 3.05) is 19.0 Å². The molecule has 2 aromatic carbocycles. The maximum absolute atomic E-state index is 13.1. The van der Waals surface area contributed by atoms with E-state index < -0.39 is 23.3 Å². The van der Waals surface area contributed by atoms with Gasteiger partial charge in [0.05, 0.1) is 29.4 Å². The van der Waals surface area contributed by atoms with Crippen molar-refractivity contribution in [2.45, 2.75) is 13.1 Å². The van der Waals surface area contributed by atoms with Crippen LogP contribution >= 0.6 is 15.9 Å². The molecule has 5 nitrogen and oxygen atoms in total. The lowest BCUT2D eigenvalue weighted by Gasteiger charge is -2.14. The molecule has 152 valence electrons. The molecular weight excluding hydrogens is 453 g/mol. The van der Waals surface area contributed by atoms with E-state index >= 15 is 0 Å². The Balaban J connectivity index is 2.38. The van der Waals surface area contributed by atoms with Gasteiger partial charge in [-0.05, 0) is 58.8 Å². The SMILES string of the molecule is CCOc1c(Br)cc(/C=C(\C#N)C(=O)Nc2ccccc2C(F)(F)F)cc1OC. The molecular formula is C20H16BrF3N2O3. The van der Waals surface area contributed by atoms with Gasteiger partial charge in [-0.1, -0.05) is 12.1 Å². The predicted octanol–water partition coefficient (Wildman–Crippen LogP) is 5.42. The standard InChI is InChI=1S/C20H16BrF3N2O3/c1-3-29-18-15(21)9-12(10-17(18)28-2)8-13(11-25)19(27)26-16-7-5-4-6-14(16)20(22,23)24/h4-10H,3H2,1-2H3,(H,26,27)/b13-8+. The van der Waals surface area contributed by atoms with E-state index in [2.05, 4.69) is 21.2 Å². The molecule has 0 radical (unpaired) electrons. The average Bonchev–Trinajstić information content (AvgIpc) is 2.67. The Morgan fingerprint density at radius 2 is 2.00 bits per heavy atom. The molecule has 29 heavy (non-hydrogen) atoms. The summed E-state index contributed by atoms with van der Waals surface area (Å²) < 4.78 is 50.5. The number of nitrogens with one attached hydrogen (secondary N) is 1. The van der Waals surface area contributed by atoms with Crippen molar-refractivity contribution in [1.82, 2.24) is 0 Å². The number of carbonyl (C=O) groups is 1. The minimum atomic E-state index is -4.65. The van der Waals surface area contributed by atoms with Gasteiger partial charge in [-0.25, -0.2) is 0 Å². The fourth-order valence-corrected chi connectivity index (χ4v) is 3.03. The van der Waals surface area contributed by atoms with E-state index in [0.29, 0.717) is 28.1 Å². The Morgan fingerprint density at radius 1 is 1.31 bits per heavy atom. The minimum Gasteiger partial charge on any atom is -0.493 e. The molecule has 0 aliphatic heterocycles. The number of halogens is 4. The van der Waals surface area contributed by atoms with Crippen molar-refractivity contribution in [2.24, 2.45) is 0 Å². The largest absolute Gasteiger partial charge is 0.493 e. The second kappa shape index (κ2) is 9.47. The van der Waals surface area contributed by atoms with Crippen LogP contribution in [0.5, 0.6) is 11.5 Å². The van der Waals surface area contributed by atoms with Crippen LogP contribution in [0.25, 0.3) is 6.08 Å². The molecule has 0 aromatic heterocycles. The van der Waals surface area contributed by atoms with Gasteiger partial charge >= 0.3 is 6.18 Å². The number of methoxy groups -OCH3 is 1. The number of alkyl halides is 3. The van der Waals surface area contributed by atoms with E-state index in [1.165, 1.54) is 25.3 Å². The average molecular weight is 469 g/mol. The number of rotatable bonds is 6. The predicted molar refractivity (Wildman–Crippen MR) is 106 cm³/mol. The monoisotopic (exact) mass is 468 g/mol. The summed E-state index contributed by atoms with van der Waals surface area (Å²) in [7, 11) is 1.43. The fourth-order valence-electron chi connectivity index (χ4n) is 2.45. The van der Waals surface area contributed by atoms with Gasteiger partial charge in [0.2, 0.25) is 0 Å². The zero-order valence-electron chi connectivity index (χ0n) is 15.4. The van der Waals surface area contributed by atoms with Crippen LogP contribution in [0.4, 0.5) is 18.9 Å². The molecule has 1 N–H and O–H groups in total. The first-order valence-corrected chi connectivity index (χ1v) is 9.10. The zero-order valence-corrected chi connectivity index (χ0v) is 17.0. The molecule has 0 heterocycles. The van der Waals surface area contributed by atoms with E-state index in [9.17, 15) is 23.2 Å². The molecule has 0 spiro atoms. The van der Waals surface area contributed by atoms with Gasteiger partial charge in [0.15, 0.2) is 11.5 Å². The van der Waals surface area contributed by atoms with Crippen LogP contribution in [0.1, 0.15) is 18.1 Å². The molecule has 0 aliphatic rings. The Kier molecular flexibility index (Phi) is 7.29. The van der Waals surface area contributed by atoms with Crippen molar-refractivity contribution >= 4 is 33.6 Å². The number of hydrogen-bond acceptors (Lipinski definition) is 4. The Bertz CT molecular complexity index is 982. The number of hydrogen-bond donors (Lipinski definition) is 1. The van der Waals surface area contributed by atoms with Gasteiger partial charge in [-0.2, -0.15) is 18.4 Å². The number of carbonyl (C=O) groups excluding carboxylic acids is 1. The molecule has 0 atom stereocenters. The van der Waals surface area contributed by atoms with Crippen LogP contribution in [-0.4, -0.2) is 19.6 Å². The molecule has 0 fully saturated rings. The summed E-state index contributed by atoms with van der Waals surface area (Å²) in [5.41, 5.74) is -1.39. The van der Waals surface area contributed by atoms with Gasteiger partial charge in [0, 0.05) is 0 Å². The highest BCUT2D eigenvalue weighted by atomic mass is 79.9. The normalized spacial score (nSPS) is 11.6. The number of anilines is 1. The first kappa shape index (κ1) is 22.3. The molecule has 1 amide bonds. The van der Waals surface area contributed by atoms with Crippen molar-refractivity contribution in [3.8, 4) is 17.6 Å². The third-order valence-electron chi connectivity index (χ3n) is 3.70. The van der Waals surface area contributed by atoms with E-state index in [-0.39, 0.29) is 5.57 Å². The number of para-hydroxylation sites is 1. The molecule has 2 aromatic rings. The highest BCUT2D eigenvalue weighted by Crippen LogP contribution is 2.37. The molecule has 0 saturated heterocycles. The van der Waals surface area contributed by atoms with E-state index in [1.54, 1.807) is 25.1 Å². The molecule has 2 rings (SSSR count). The number of ether oxygens (including phenoxy) is 2. The van der Waals surface area contributed by atoms with Crippen molar-refractivity contribution in [1.29, 1.82) is 5.26 Å². The smallest absolute Gasteiger partial charge is 0.418 e. The summed E-state index contributed by atoms with van der Waals surface area (Å²) in [4.78, 5) is 12.4. The third kappa shape index (κ3) is 5.51. The van der Waals surface area contributed by atoms with Crippen molar-refractivity contribution in [3.63, 3.8) is 0 Å². The highest BCUT2D eigenvalue weighted by molar-refractivity contribution is 9.10. The topological polar surface area (TPSA) is 71.3 Å². The fraction of sp³-hybridized carbons (Fsp3) is 0.200. The van der Waals surface area contributed by atoms with Crippen molar-refractivity contribution in [3.05, 3.63) is 57.6 Å². The van der Waals surface area contributed by atoms with Crippen LogP contribution in [0, 0.1) is 11.3 Å². The minimum absolute atomic E-state index is 0.368. The van der Waals surface area contributed by atoms with Gasteiger partial charge in [0.1, 0.15) is 11.6 Å². The number of nitrogens with zero attached hydrogens (tertiary/aromatic N) is 1. The third-order valence-corrected chi connectivity index (χ3v) is 4.29. The van der Waals surface area contributed by atoms with Gasteiger partial charge in [0.25, 0.3) is 5.91 Å². The number of nitriles is 1. The van der Waals surface area contributed by atoms with Crippen LogP contribution in [0.15, 0.2) is 46.4 Å². The summed E-state index contributed by atoms with van der Waals surface area (Å²) in [6.45, 7) is 2.20. The molecule has 9 heteroatoms. The van der Waals surface area contributed by atoms with E-state index in [1.807, 2.05) is 0 Å². The lowest BCUT2D eigenvalue weighted by atomic mass is 10.1. The maximum atomic E-state index is 13.1. The highest BCUT2D eigenvalue weighted by Gasteiger charge is 2.33. The van der Waals surface area contributed by atoms with Gasteiger partial charge in [-0.15, -0.1) is 0 Å². The number of benzene rings is 2.